The van der Waals surface area contributed by atoms with E-state index in [1.807, 2.05) is 42.5 Å². The molecular weight excluding hydrogens is 386 g/mol. The number of hydrogen-bond acceptors (Lipinski definition) is 2. The molecule has 0 amide bonds. The largest absolute Gasteiger partial charge is 0.294 e. The third kappa shape index (κ3) is 3.21. The van der Waals surface area contributed by atoms with Gasteiger partial charge in [0.25, 0.3) is 0 Å². The standard InChI is InChI=1S/C26H19N3S/c1-18-15-16-22-21-12-5-7-13-23(21)29(17-28-25(27)19-9-3-2-4-10-19)26(22)30-24-14-8-6-11-20(18)24/h2-17,27H,1H2/b16-15-,27-25?,28-17?. The fourth-order valence-corrected chi connectivity index (χ4v) is 4.83. The van der Waals surface area contributed by atoms with Gasteiger partial charge < -0.3 is 0 Å². The van der Waals surface area contributed by atoms with Gasteiger partial charge in [-0.25, -0.2) is 4.99 Å². The Hall–Kier alpha value is -3.63. The summed E-state index contributed by atoms with van der Waals surface area (Å²) in [6.07, 6.45) is 5.98. The Kier molecular flexibility index (Phi) is 4.69. The van der Waals surface area contributed by atoms with Gasteiger partial charge in [0.15, 0.2) is 5.84 Å². The van der Waals surface area contributed by atoms with Crippen LogP contribution in [-0.2, 0) is 0 Å². The van der Waals surface area contributed by atoms with Crippen LogP contribution in [0, 0.1) is 5.41 Å². The van der Waals surface area contributed by atoms with E-state index < -0.39 is 0 Å². The van der Waals surface area contributed by atoms with E-state index in [4.69, 9.17) is 5.41 Å². The second-order valence-electron chi connectivity index (χ2n) is 7.02. The van der Waals surface area contributed by atoms with E-state index in [2.05, 4.69) is 64.7 Å². The predicted molar refractivity (Wildman–Crippen MR) is 128 cm³/mol. The zero-order valence-electron chi connectivity index (χ0n) is 16.2. The van der Waals surface area contributed by atoms with Gasteiger partial charge in [-0.1, -0.05) is 97.2 Å². The Morgan fingerprint density at radius 1 is 0.900 bits per heavy atom. The molecule has 1 aliphatic rings. The molecular formula is C26H19N3S. The van der Waals surface area contributed by atoms with Crippen LogP contribution in [0.3, 0.4) is 0 Å². The number of aliphatic imine (C=N–C) groups is 1. The highest BCUT2D eigenvalue weighted by Crippen LogP contribution is 2.42. The average molecular weight is 406 g/mol. The number of para-hydroxylation sites is 1. The van der Waals surface area contributed by atoms with E-state index in [-0.39, 0.29) is 5.84 Å². The number of amidine groups is 1. The van der Waals surface area contributed by atoms with Crippen molar-refractivity contribution in [1.29, 1.82) is 5.41 Å². The molecule has 3 nitrogen and oxygen atoms in total. The van der Waals surface area contributed by atoms with E-state index in [0.29, 0.717) is 0 Å². The summed E-state index contributed by atoms with van der Waals surface area (Å²) in [6.45, 7) is 4.25. The minimum Gasteiger partial charge on any atom is -0.294 e. The summed E-state index contributed by atoms with van der Waals surface area (Å²) in [4.78, 5) is 5.64. The Balaban J connectivity index is 1.68. The van der Waals surface area contributed by atoms with Crippen LogP contribution in [0.2, 0.25) is 0 Å². The molecule has 3 aromatic carbocycles. The maximum Gasteiger partial charge on any atom is 0.153 e. The Morgan fingerprint density at radius 3 is 2.50 bits per heavy atom. The molecule has 0 saturated heterocycles. The highest BCUT2D eigenvalue weighted by atomic mass is 32.2. The van der Waals surface area contributed by atoms with Crippen molar-refractivity contribution in [2.45, 2.75) is 9.92 Å². The van der Waals surface area contributed by atoms with Crippen molar-refractivity contribution in [3.63, 3.8) is 0 Å². The summed E-state index contributed by atoms with van der Waals surface area (Å²) in [6, 6.07) is 26.2. The van der Waals surface area contributed by atoms with Crippen molar-refractivity contribution in [3.05, 3.63) is 108 Å². The number of aromatic nitrogens is 1. The fourth-order valence-electron chi connectivity index (χ4n) is 3.63. The van der Waals surface area contributed by atoms with Gasteiger partial charge in [-0.3, -0.25) is 9.98 Å². The van der Waals surface area contributed by atoms with E-state index in [1.54, 1.807) is 18.1 Å². The Morgan fingerprint density at radius 2 is 1.63 bits per heavy atom. The van der Waals surface area contributed by atoms with Crippen molar-refractivity contribution in [2.75, 3.05) is 0 Å². The number of hydrogen-bond donors (Lipinski definition) is 1. The number of allylic oxidation sites excluding steroid dienone is 2. The van der Waals surface area contributed by atoms with Gasteiger partial charge in [0.1, 0.15) is 6.34 Å². The Bertz CT molecular complexity index is 1340. The molecule has 0 radical (unpaired) electrons. The first-order chi connectivity index (χ1) is 14.7. The van der Waals surface area contributed by atoms with Crippen molar-refractivity contribution in [2.24, 2.45) is 4.99 Å². The molecule has 0 atom stereocenters. The minimum atomic E-state index is 0.238. The number of rotatable bonds is 2. The smallest absolute Gasteiger partial charge is 0.153 e. The van der Waals surface area contributed by atoms with E-state index >= 15 is 0 Å². The highest BCUT2D eigenvalue weighted by molar-refractivity contribution is 7.99. The predicted octanol–water partition coefficient (Wildman–Crippen LogP) is 6.73. The van der Waals surface area contributed by atoms with Crippen molar-refractivity contribution >= 4 is 46.5 Å². The Labute approximate surface area is 179 Å². The maximum atomic E-state index is 8.36. The normalized spacial score (nSPS) is 14.2. The molecule has 0 bridgehead atoms. The first kappa shape index (κ1) is 18.4. The summed E-state index contributed by atoms with van der Waals surface area (Å²) in [5.41, 5.74) is 5.13. The molecule has 2 heterocycles. The minimum absolute atomic E-state index is 0.238. The third-order valence-corrected chi connectivity index (χ3v) is 6.33. The summed E-state index contributed by atoms with van der Waals surface area (Å²) < 4.78 is 2.09. The molecule has 1 aliphatic heterocycles. The maximum absolute atomic E-state index is 8.36. The molecule has 144 valence electrons. The topological polar surface area (TPSA) is 41.1 Å². The number of benzene rings is 3. The van der Waals surface area contributed by atoms with Gasteiger partial charge in [0, 0.05) is 21.4 Å². The van der Waals surface area contributed by atoms with Crippen LogP contribution in [0.5, 0.6) is 0 Å². The average Bonchev–Trinajstić information content (AvgIpc) is 3.07. The van der Waals surface area contributed by atoms with Crippen LogP contribution >= 0.6 is 11.8 Å². The molecule has 4 heteroatoms. The summed E-state index contributed by atoms with van der Waals surface area (Å²) in [5, 5.41) is 10.6. The van der Waals surface area contributed by atoms with Gasteiger partial charge >= 0.3 is 0 Å². The van der Waals surface area contributed by atoms with Crippen LogP contribution in [0.1, 0.15) is 16.7 Å². The molecule has 4 aromatic rings. The number of nitrogens with one attached hydrogen (secondary N) is 1. The molecule has 0 aliphatic carbocycles. The first-order valence-electron chi connectivity index (χ1n) is 9.68. The van der Waals surface area contributed by atoms with Crippen LogP contribution in [0.25, 0.3) is 22.6 Å². The van der Waals surface area contributed by atoms with Gasteiger partial charge in [0.05, 0.1) is 10.5 Å². The second-order valence-corrected chi connectivity index (χ2v) is 8.05. The fraction of sp³-hybridized carbons (Fsp3) is 0. The van der Waals surface area contributed by atoms with Gasteiger partial charge in [-0.15, -0.1) is 0 Å². The zero-order chi connectivity index (χ0) is 20.5. The van der Waals surface area contributed by atoms with Crippen LogP contribution in [-0.4, -0.2) is 16.7 Å². The van der Waals surface area contributed by atoms with Gasteiger partial charge in [0.2, 0.25) is 0 Å². The third-order valence-electron chi connectivity index (χ3n) is 5.14. The highest BCUT2D eigenvalue weighted by Gasteiger charge is 2.19. The van der Waals surface area contributed by atoms with Crippen molar-refractivity contribution in [3.8, 4) is 0 Å². The summed E-state index contributed by atoms with van der Waals surface area (Å²) in [5.74, 6) is 0.238. The molecule has 0 spiro atoms. The molecule has 30 heavy (non-hydrogen) atoms. The number of nitrogens with zero attached hydrogens (tertiary/aromatic N) is 2. The summed E-state index contributed by atoms with van der Waals surface area (Å²) >= 11 is 1.71. The lowest BCUT2D eigenvalue weighted by molar-refractivity contribution is 1.07. The van der Waals surface area contributed by atoms with Crippen LogP contribution in [0.4, 0.5) is 0 Å². The monoisotopic (exact) mass is 405 g/mol. The van der Waals surface area contributed by atoms with E-state index in [0.717, 1.165) is 43.1 Å². The van der Waals surface area contributed by atoms with Gasteiger partial charge in [-0.2, -0.15) is 0 Å². The van der Waals surface area contributed by atoms with Gasteiger partial charge in [-0.05, 0) is 23.3 Å². The lowest BCUT2D eigenvalue weighted by Crippen LogP contribution is -2.02. The molecule has 1 N–H and O–H groups in total. The SMILES string of the molecule is C=C1/C=C\c2c(n(C=NC(=N)c3ccccc3)c3ccccc23)Sc2ccccc21. The lowest BCUT2D eigenvalue weighted by Gasteiger charge is -2.13. The van der Waals surface area contributed by atoms with Crippen LogP contribution in [0.15, 0.2) is 106 Å². The molecule has 5 rings (SSSR count). The second kappa shape index (κ2) is 7.65. The van der Waals surface area contributed by atoms with Crippen molar-refractivity contribution < 1.29 is 0 Å². The quantitative estimate of drug-likeness (QED) is 0.291. The molecule has 0 fully saturated rings. The number of fused-ring (bicyclic) bond motifs is 4. The molecule has 0 unspecified atom stereocenters. The summed E-state index contributed by atoms with van der Waals surface area (Å²) in [7, 11) is 0. The van der Waals surface area contributed by atoms with Crippen molar-refractivity contribution in [1.82, 2.24) is 4.57 Å². The first-order valence-corrected chi connectivity index (χ1v) is 10.5. The molecule has 1 aromatic heterocycles. The van der Waals surface area contributed by atoms with E-state index in [9.17, 15) is 0 Å². The lowest BCUT2D eigenvalue weighted by atomic mass is 10.1. The zero-order valence-corrected chi connectivity index (χ0v) is 17.1. The molecule has 0 saturated carbocycles. The van der Waals surface area contributed by atoms with Crippen LogP contribution < -0.4 is 0 Å². The van der Waals surface area contributed by atoms with E-state index in [1.165, 1.54) is 0 Å².